The minimum atomic E-state index is -3.70. The molecule has 100 valence electrons. The van der Waals surface area contributed by atoms with Crippen LogP contribution < -0.4 is 10.5 Å². The zero-order valence-electron chi connectivity index (χ0n) is 10.1. The Labute approximate surface area is 108 Å². The van der Waals surface area contributed by atoms with Gasteiger partial charge in [-0.1, -0.05) is 18.2 Å². The standard InChI is InChI=1S/C12H18N2O3S/c1-2-3-9-17-10-8-14-11-6-4-5-7-12(11)18(13,15)16/h2,4-7,14H,1,3,8-10H2,(H2,13,15,16). The lowest BCUT2D eigenvalue weighted by molar-refractivity contribution is 0.149. The van der Waals surface area contributed by atoms with Crippen LogP contribution in [0, 0.1) is 0 Å². The summed E-state index contributed by atoms with van der Waals surface area (Å²) in [6.45, 7) is 5.21. The molecule has 3 N–H and O–H groups in total. The van der Waals surface area contributed by atoms with Crippen LogP contribution in [0.1, 0.15) is 6.42 Å². The van der Waals surface area contributed by atoms with Gasteiger partial charge in [0.05, 0.1) is 18.9 Å². The summed E-state index contributed by atoms with van der Waals surface area (Å²) < 4.78 is 28.0. The number of rotatable bonds is 8. The summed E-state index contributed by atoms with van der Waals surface area (Å²) in [5, 5.41) is 8.10. The van der Waals surface area contributed by atoms with Crippen LogP contribution in [0.5, 0.6) is 0 Å². The summed E-state index contributed by atoms with van der Waals surface area (Å²) in [7, 11) is -3.70. The van der Waals surface area contributed by atoms with E-state index in [2.05, 4.69) is 11.9 Å². The molecule has 0 saturated heterocycles. The molecule has 0 unspecified atom stereocenters. The van der Waals surface area contributed by atoms with Crippen molar-refractivity contribution >= 4 is 15.7 Å². The highest BCUT2D eigenvalue weighted by molar-refractivity contribution is 7.89. The summed E-state index contributed by atoms with van der Waals surface area (Å²) in [4.78, 5) is 0.0936. The normalized spacial score (nSPS) is 11.2. The van der Waals surface area contributed by atoms with Crippen LogP contribution in [0.2, 0.25) is 0 Å². The molecule has 6 heteroatoms. The Balaban J connectivity index is 2.50. The minimum Gasteiger partial charge on any atom is -0.382 e. The van der Waals surface area contributed by atoms with Crippen LogP contribution in [-0.2, 0) is 14.8 Å². The number of nitrogens with one attached hydrogen (secondary N) is 1. The first-order chi connectivity index (χ1) is 8.55. The molecule has 5 nitrogen and oxygen atoms in total. The van der Waals surface area contributed by atoms with Crippen molar-refractivity contribution in [2.75, 3.05) is 25.1 Å². The lowest BCUT2D eigenvalue weighted by Gasteiger charge is -2.10. The van der Waals surface area contributed by atoms with E-state index < -0.39 is 10.0 Å². The molecule has 0 spiro atoms. The Kier molecular flexibility index (Phi) is 5.84. The molecule has 0 aliphatic rings. The number of hydrogen-bond acceptors (Lipinski definition) is 4. The number of sulfonamides is 1. The summed E-state index contributed by atoms with van der Waals surface area (Å²) in [5.41, 5.74) is 0.493. The summed E-state index contributed by atoms with van der Waals surface area (Å²) in [6.07, 6.45) is 2.58. The van der Waals surface area contributed by atoms with Gasteiger partial charge in [0.25, 0.3) is 0 Å². The van der Waals surface area contributed by atoms with Crippen LogP contribution >= 0.6 is 0 Å². The molecule has 1 aromatic rings. The van der Waals surface area contributed by atoms with Crippen molar-refractivity contribution in [1.82, 2.24) is 0 Å². The number of anilines is 1. The van der Waals surface area contributed by atoms with Gasteiger partial charge in [-0.25, -0.2) is 13.6 Å². The van der Waals surface area contributed by atoms with Gasteiger partial charge in [-0.15, -0.1) is 6.58 Å². The van der Waals surface area contributed by atoms with Gasteiger partial charge < -0.3 is 10.1 Å². The van der Waals surface area contributed by atoms with Gasteiger partial charge in [-0.2, -0.15) is 0 Å². The number of ether oxygens (including phenoxy) is 1. The third-order valence-electron chi connectivity index (χ3n) is 2.22. The van der Waals surface area contributed by atoms with Crippen LogP contribution in [-0.4, -0.2) is 28.2 Å². The zero-order valence-corrected chi connectivity index (χ0v) is 10.9. The van der Waals surface area contributed by atoms with E-state index in [0.717, 1.165) is 6.42 Å². The van der Waals surface area contributed by atoms with E-state index in [-0.39, 0.29) is 4.90 Å². The molecule has 0 amide bonds. The fraction of sp³-hybridized carbons (Fsp3) is 0.333. The first kappa shape index (κ1) is 14.7. The monoisotopic (exact) mass is 270 g/mol. The quantitative estimate of drug-likeness (QED) is 0.551. The van der Waals surface area contributed by atoms with Crippen molar-refractivity contribution in [3.8, 4) is 0 Å². The first-order valence-electron chi connectivity index (χ1n) is 5.60. The van der Waals surface area contributed by atoms with Crippen molar-refractivity contribution in [2.24, 2.45) is 5.14 Å². The van der Waals surface area contributed by atoms with E-state index >= 15 is 0 Å². The Morgan fingerprint density at radius 3 is 2.72 bits per heavy atom. The number of primary sulfonamides is 1. The largest absolute Gasteiger partial charge is 0.382 e. The van der Waals surface area contributed by atoms with Crippen molar-refractivity contribution in [2.45, 2.75) is 11.3 Å². The molecule has 0 atom stereocenters. The van der Waals surface area contributed by atoms with Crippen LogP contribution in [0.3, 0.4) is 0 Å². The minimum absolute atomic E-state index is 0.0936. The maximum absolute atomic E-state index is 11.3. The van der Waals surface area contributed by atoms with E-state index in [1.807, 2.05) is 0 Å². The Bertz CT molecular complexity index is 486. The molecule has 0 saturated carbocycles. The molecular formula is C12H18N2O3S. The first-order valence-corrected chi connectivity index (χ1v) is 7.14. The van der Waals surface area contributed by atoms with Crippen molar-refractivity contribution in [1.29, 1.82) is 0 Å². The highest BCUT2D eigenvalue weighted by Gasteiger charge is 2.12. The maximum atomic E-state index is 11.3. The fourth-order valence-electron chi connectivity index (χ4n) is 1.39. The number of benzene rings is 1. The fourth-order valence-corrected chi connectivity index (χ4v) is 2.10. The van der Waals surface area contributed by atoms with Gasteiger partial charge in [0, 0.05) is 6.54 Å². The van der Waals surface area contributed by atoms with Crippen LogP contribution in [0.25, 0.3) is 0 Å². The molecule has 0 radical (unpaired) electrons. The van der Waals surface area contributed by atoms with Crippen molar-refractivity contribution in [3.05, 3.63) is 36.9 Å². The topological polar surface area (TPSA) is 81.4 Å². The Morgan fingerprint density at radius 2 is 2.06 bits per heavy atom. The third-order valence-corrected chi connectivity index (χ3v) is 3.19. The lowest BCUT2D eigenvalue weighted by atomic mass is 10.3. The van der Waals surface area contributed by atoms with Gasteiger partial charge >= 0.3 is 0 Å². The SMILES string of the molecule is C=CCCOCCNc1ccccc1S(N)(=O)=O. The lowest BCUT2D eigenvalue weighted by Crippen LogP contribution is -2.17. The van der Waals surface area contributed by atoms with Crippen molar-refractivity contribution in [3.63, 3.8) is 0 Å². The molecule has 1 aromatic carbocycles. The number of para-hydroxylation sites is 1. The molecule has 0 aliphatic carbocycles. The van der Waals surface area contributed by atoms with Crippen molar-refractivity contribution < 1.29 is 13.2 Å². The van der Waals surface area contributed by atoms with Gasteiger partial charge in [0.15, 0.2) is 0 Å². The van der Waals surface area contributed by atoms with Crippen LogP contribution in [0.15, 0.2) is 41.8 Å². The Morgan fingerprint density at radius 1 is 1.33 bits per heavy atom. The number of nitrogens with two attached hydrogens (primary N) is 1. The molecule has 1 rings (SSSR count). The summed E-state index contributed by atoms with van der Waals surface area (Å²) >= 11 is 0. The average molecular weight is 270 g/mol. The molecule has 0 bridgehead atoms. The molecule has 0 heterocycles. The van der Waals surface area contributed by atoms with Gasteiger partial charge in [0.2, 0.25) is 10.0 Å². The Hall–Kier alpha value is -1.37. The van der Waals surface area contributed by atoms with E-state index in [0.29, 0.717) is 25.4 Å². The molecular weight excluding hydrogens is 252 g/mol. The molecule has 18 heavy (non-hydrogen) atoms. The average Bonchev–Trinajstić information content (AvgIpc) is 2.33. The molecule has 0 aromatic heterocycles. The summed E-state index contributed by atoms with van der Waals surface area (Å²) in [5.74, 6) is 0. The second kappa shape index (κ2) is 7.15. The predicted octanol–water partition coefficient (Wildman–Crippen LogP) is 1.34. The highest BCUT2D eigenvalue weighted by atomic mass is 32.2. The predicted molar refractivity (Wildman–Crippen MR) is 71.9 cm³/mol. The van der Waals surface area contributed by atoms with E-state index in [1.165, 1.54) is 6.07 Å². The second-order valence-corrected chi connectivity index (χ2v) is 5.19. The third kappa shape index (κ3) is 4.87. The second-order valence-electron chi connectivity index (χ2n) is 3.66. The van der Waals surface area contributed by atoms with E-state index in [1.54, 1.807) is 24.3 Å². The van der Waals surface area contributed by atoms with Gasteiger partial charge in [-0.05, 0) is 18.6 Å². The van der Waals surface area contributed by atoms with E-state index in [4.69, 9.17) is 9.88 Å². The summed E-state index contributed by atoms with van der Waals surface area (Å²) in [6, 6.07) is 6.51. The maximum Gasteiger partial charge on any atom is 0.240 e. The molecule has 0 aliphatic heterocycles. The highest BCUT2D eigenvalue weighted by Crippen LogP contribution is 2.18. The molecule has 0 fully saturated rings. The zero-order chi connectivity index (χ0) is 13.4. The van der Waals surface area contributed by atoms with Gasteiger partial charge in [0.1, 0.15) is 4.90 Å². The number of hydrogen-bond donors (Lipinski definition) is 2. The van der Waals surface area contributed by atoms with Crippen LogP contribution in [0.4, 0.5) is 5.69 Å². The smallest absolute Gasteiger partial charge is 0.240 e. The van der Waals surface area contributed by atoms with Gasteiger partial charge in [-0.3, -0.25) is 0 Å². The van der Waals surface area contributed by atoms with E-state index in [9.17, 15) is 8.42 Å².